The Balaban J connectivity index is 3.01. The predicted molar refractivity (Wildman–Crippen MR) is 38.1 cm³/mol. The summed E-state index contributed by atoms with van der Waals surface area (Å²) in [5.74, 6) is 0. The van der Waals surface area contributed by atoms with Crippen LogP contribution in [0.2, 0.25) is 0 Å². The Bertz CT molecular complexity index is 246. The zero-order valence-corrected chi connectivity index (χ0v) is 6.22. The minimum absolute atomic E-state index is 0.146. The molecule has 0 bridgehead atoms. The molecule has 0 saturated carbocycles. The van der Waals surface area contributed by atoms with Gasteiger partial charge in [-0.25, -0.2) is 0 Å². The van der Waals surface area contributed by atoms with E-state index in [1.807, 2.05) is 6.92 Å². The van der Waals surface area contributed by atoms with Gasteiger partial charge >= 0.3 is 5.69 Å². The van der Waals surface area contributed by atoms with E-state index in [1.165, 1.54) is 17.7 Å². The predicted octanol–water partition coefficient (Wildman–Crippen LogP) is 1.61. The lowest BCUT2D eigenvalue weighted by Gasteiger charge is -1.86. The van der Waals surface area contributed by atoms with E-state index in [4.69, 9.17) is 0 Å². The smallest absolute Gasteiger partial charge is 0.258 e. The van der Waals surface area contributed by atoms with Crippen molar-refractivity contribution in [3.05, 3.63) is 21.2 Å². The van der Waals surface area contributed by atoms with Crippen LogP contribution in [0.25, 0.3) is 0 Å². The van der Waals surface area contributed by atoms with Gasteiger partial charge in [0.1, 0.15) is 11.1 Å². The second kappa shape index (κ2) is 2.74. The second-order valence-electron chi connectivity index (χ2n) is 1.74. The zero-order valence-electron chi connectivity index (χ0n) is 5.40. The minimum Gasteiger partial charge on any atom is -0.258 e. The van der Waals surface area contributed by atoms with E-state index in [-0.39, 0.29) is 5.69 Å². The summed E-state index contributed by atoms with van der Waals surface area (Å²) in [6, 6.07) is 0. The monoisotopic (exact) mass is 158 g/mol. The highest BCUT2D eigenvalue weighted by molar-refractivity contribution is 7.06. The molecule has 1 aromatic heterocycles. The molecule has 0 N–H and O–H groups in total. The summed E-state index contributed by atoms with van der Waals surface area (Å²) in [5, 5.41) is 10.2. The molecule has 0 unspecified atom stereocenters. The molecule has 10 heavy (non-hydrogen) atoms. The van der Waals surface area contributed by atoms with Crippen molar-refractivity contribution in [3.8, 4) is 0 Å². The van der Waals surface area contributed by atoms with Crippen molar-refractivity contribution in [2.24, 2.45) is 0 Å². The Morgan fingerprint density at radius 2 is 2.60 bits per heavy atom. The number of nitrogens with zero attached hydrogens (tertiary/aromatic N) is 2. The van der Waals surface area contributed by atoms with Gasteiger partial charge in [-0.15, -0.1) is 0 Å². The first-order valence-corrected chi connectivity index (χ1v) is 3.61. The van der Waals surface area contributed by atoms with Crippen LogP contribution in [0.1, 0.15) is 11.8 Å². The van der Waals surface area contributed by atoms with Gasteiger partial charge in [-0.2, -0.15) is 4.37 Å². The molecule has 4 nitrogen and oxygen atoms in total. The van der Waals surface area contributed by atoms with E-state index in [1.54, 1.807) is 0 Å². The minimum atomic E-state index is -0.400. The second-order valence-corrected chi connectivity index (χ2v) is 2.63. The van der Waals surface area contributed by atoms with Crippen molar-refractivity contribution in [2.75, 3.05) is 0 Å². The molecule has 0 saturated heterocycles. The van der Waals surface area contributed by atoms with Crippen LogP contribution in [-0.4, -0.2) is 9.30 Å². The molecule has 1 heterocycles. The summed E-state index contributed by atoms with van der Waals surface area (Å²) in [5.41, 5.74) is 0.146. The molecule has 0 aliphatic heterocycles. The van der Waals surface area contributed by atoms with Gasteiger partial charge in [0.2, 0.25) is 0 Å². The average molecular weight is 158 g/mol. The van der Waals surface area contributed by atoms with Crippen LogP contribution in [0, 0.1) is 10.1 Å². The summed E-state index contributed by atoms with van der Waals surface area (Å²) < 4.78 is 3.71. The van der Waals surface area contributed by atoms with Crippen molar-refractivity contribution in [2.45, 2.75) is 13.3 Å². The summed E-state index contributed by atoms with van der Waals surface area (Å²) in [6.45, 7) is 1.88. The normalized spacial score (nSPS) is 9.70. The van der Waals surface area contributed by atoms with E-state index >= 15 is 0 Å². The molecule has 0 radical (unpaired) electrons. The quantitative estimate of drug-likeness (QED) is 0.485. The fourth-order valence-electron chi connectivity index (χ4n) is 0.653. The number of nitro groups is 1. The molecular formula is C5H6N2O2S. The van der Waals surface area contributed by atoms with Gasteiger partial charge in [0.05, 0.1) is 4.92 Å². The van der Waals surface area contributed by atoms with Gasteiger partial charge < -0.3 is 0 Å². The Morgan fingerprint density at radius 1 is 1.90 bits per heavy atom. The van der Waals surface area contributed by atoms with Crippen molar-refractivity contribution in [1.82, 2.24) is 4.37 Å². The van der Waals surface area contributed by atoms with Crippen LogP contribution in [0.3, 0.4) is 0 Å². The maximum atomic E-state index is 10.2. The highest BCUT2D eigenvalue weighted by atomic mass is 32.1. The molecule has 5 heteroatoms. The molecule has 54 valence electrons. The number of aromatic nitrogens is 1. The van der Waals surface area contributed by atoms with Gasteiger partial charge in [-0.05, 0) is 18.0 Å². The van der Waals surface area contributed by atoms with Crippen molar-refractivity contribution in [1.29, 1.82) is 0 Å². The van der Waals surface area contributed by atoms with E-state index in [9.17, 15) is 10.1 Å². The average Bonchev–Trinajstić information content (AvgIpc) is 2.33. The van der Waals surface area contributed by atoms with Crippen LogP contribution in [0.15, 0.2) is 6.20 Å². The van der Waals surface area contributed by atoms with Gasteiger partial charge in [0.25, 0.3) is 0 Å². The fourth-order valence-corrected chi connectivity index (χ4v) is 1.28. The van der Waals surface area contributed by atoms with Crippen LogP contribution >= 0.6 is 11.5 Å². The van der Waals surface area contributed by atoms with E-state index in [0.29, 0.717) is 6.42 Å². The Hall–Kier alpha value is -0.970. The molecule has 0 amide bonds. The van der Waals surface area contributed by atoms with E-state index < -0.39 is 4.92 Å². The van der Waals surface area contributed by atoms with Crippen molar-refractivity contribution >= 4 is 17.2 Å². The fraction of sp³-hybridized carbons (Fsp3) is 0.400. The highest BCUT2D eigenvalue weighted by Crippen LogP contribution is 2.21. The molecule has 0 aromatic carbocycles. The summed E-state index contributed by atoms with van der Waals surface area (Å²) in [6.07, 6.45) is 1.98. The Morgan fingerprint density at radius 3 is 3.00 bits per heavy atom. The Labute approximate surface area is 61.8 Å². The number of hydrogen-bond donors (Lipinski definition) is 0. The van der Waals surface area contributed by atoms with Crippen LogP contribution in [0.5, 0.6) is 0 Å². The molecule has 0 aliphatic carbocycles. The third-order valence-electron chi connectivity index (χ3n) is 1.14. The third-order valence-corrected chi connectivity index (χ3v) is 2.07. The first-order chi connectivity index (χ1) is 4.75. The van der Waals surface area contributed by atoms with Crippen LogP contribution in [0.4, 0.5) is 5.69 Å². The molecule has 0 atom stereocenters. The van der Waals surface area contributed by atoms with E-state index in [0.717, 1.165) is 4.88 Å². The maximum Gasteiger partial charge on any atom is 0.303 e. The molecule has 0 spiro atoms. The lowest BCUT2D eigenvalue weighted by atomic mass is 10.3. The van der Waals surface area contributed by atoms with Crippen molar-refractivity contribution < 1.29 is 4.92 Å². The van der Waals surface area contributed by atoms with E-state index in [2.05, 4.69) is 4.37 Å². The number of rotatable bonds is 2. The molecule has 0 aliphatic rings. The molecular weight excluding hydrogens is 152 g/mol. The van der Waals surface area contributed by atoms with Gasteiger partial charge in [0, 0.05) is 0 Å². The molecule has 1 aromatic rings. The zero-order chi connectivity index (χ0) is 7.56. The van der Waals surface area contributed by atoms with Crippen molar-refractivity contribution in [3.63, 3.8) is 0 Å². The summed E-state index contributed by atoms with van der Waals surface area (Å²) in [4.78, 5) is 10.6. The molecule has 0 fully saturated rings. The lowest BCUT2D eigenvalue weighted by molar-refractivity contribution is -0.385. The van der Waals surface area contributed by atoms with Crippen LogP contribution in [-0.2, 0) is 6.42 Å². The summed E-state index contributed by atoms with van der Waals surface area (Å²) in [7, 11) is 0. The highest BCUT2D eigenvalue weighted by Gasteiger charge is 2.13. The van der Waals surface area contributed by atoms with Crippen LogP contribution < -0.4 is 0 Å². The summed E-state index contributed by atoms with van der Waals surface area (Å²) >= 11 is 1.19. The first kappa shape index (κ1) is 7.14. The first-order valence-electron chi connectivity index (χ1n) is 2.83. The number of hydrogen-bond acceptors (Lipinski definition) is 4. The maximum absolute atomic E-state index is 10.2. The van der Waals surface area contributed by atoms with Gasteiger partial charge in [-0.3, -0.25) is 10.1 Å². The largest absolute Gasteiger partial charge is 0.303 e. The van der Waals surface area contributed by atoms with Gasteiger partial charge in [-0.1, -0.05) is 6.92 Å². The standard InChI is InChI=1S/C5H6N2O2S/c1-2-5-4(7(8)9)3-6-10-5/h3H,2H2,1H3. The number of aryl methyl sites for hydroxylation is 1. The SMILES string of the molecule is CCc1sncc1[N+](=O)[O-]. The van der Waals surface area contributed by atoms with Gasteiger partial charge in [0.15, 0.2) is 0 Å². The molecule has 1 rings (SSSR count). The topological polar surface area (TPSA) is 56.0 Å². The Kier molecular flexibility index (Phi) is 1.96. The lowest BCUT2D eigenvalue weighted by Crippen LogP contribution is -1.88. The third kappa shape index (κ3) is 1.13.